The number of thioether (sulfide) groups is 1. The number of thiazole rings is 1. The van der Waals surface area contributed by atoms with Crippen molar-refractivity contribution in [3.05, 3.63) is 46.1 Å². The van der Waals surface area contributed by atoms with Crippen LogP contribution >= 0.6 is 47.9 Å². The lowest BCUT2D eigenvalue weighted by molar-refractivity contribution is -0.908. The number of ether oxygens (including phenoxy) is 1. The molecular formula is C31H39Cl2N7O10S2. The number of oxime groups is 1. The number of halogens is 2. The number of nitrogens with one attached hydrogen (secondary N) is 1. The lowest BCUT2D eigenvalue weighted by Crippen LogP contribution is -2.72. The third kappa shape index (κ3) is 9.37. The molecule has 2 fully saturated rings. The summed E-state index contributed by atoms with van der Waals surface area (Å²) in [5.41, 5.74) is 5.15. The van der Waals surface area contributed by atoms with E-state index < -0.39 is 53.1 Å². The number of amides is 3. The van der Waals surface area contributed by atoms with Crippen LogP contribution in [0.5, 0.6) is 11.5 Å². The van der Waals surface area contributed by atoms with Crippen molar-refractivity contribution in [3.63, 3.8) is 0 Å². The molecule has 3 aliphatic heterocycles. The molecule has 5 N–H and O–H groups in total. The molecule has 4 heterocycles. The summed E-state index contributed by atoms with van der Waals surface area (Å²) in [7, 11) is 1.93. The Balaban J connectivity index is 0.00000364. The third-order valence-electron chi connectivity index (χ3n) is 8.17. The van der Waals surface area contributed by atoms with Crippen LogP contribution in [-0.2, 0) is 28.8 Å². The van der Waals surface area contributed by atoms with Crippen LogP contribution in [0.2, 0.25) is 0 Å². The van der Waals surface area contributed by atoms with Crippen LogP contribution < -0.4 is 16.2 Å². The molecule has 284 valence electrons. The molecule has 0 unspecified atom stereocenters. The number of quaternary nitrogens is 1. The Kier molecular flexibility index (Phi) is 13.4. The zero-order valence-electron chi connectivity index (χ0n) is 28.5. The number of benzene rings is 1. The number of β-lactam (4-membered cyclic amide) rings is 1. The summed E-state index contributed by atoms with van der Waals surface area (Å²) < 4.78 is 5.57. The molecule has 2 saturated heterocycles. The number of rotatable bonds is 10. The van der Waals surface area contributed by atoms with Gasteiger partial charge in [-0.15, -0.1) is 47.9 Å². The standard InChI is InChI=1S/C31H37N7O10S2.2ClH/c1-31(2,3)48-21(41)13-47-35-22(18-15-50-30(32)33-18)25(42)34-23-27(44)37-24(29(45)46)17(14-49-28(23)37)12-38(4)9-7-36(8-10-38)26(43)16-5-6-19(39)20(40)11-16;;/h5-6,11,15,23,28H,7-10,12-14H2,1-4H3,(H5-,32,33,34,35,39,40,42,43,45,46);2*1H/t23-,28-;;/m1../s1. The number of likely N-dealkylation sites (N-methyl/N-ethyl adjacent to an activating group) is 1. The largest absolute Gasteiger partial charge is 0.543 e. The van der Waals surface area contributed by atoms with Crippen molar-refractivity contribution in [2.45, 2.75) is 37.8 Å². The second-order valence-electron chi connectivity index (χ2n) is 13.2. The molecule has 1 aromatic carbocycles. The van der Waals surface area contributed by atoms with E-state index in [1.54, 1.807) is 25.7 Å². The van der Waals surface area contributed by atoms with Crippen LogP contribution in [0.4, 0.5) is 5.13 Å². The highest BCUT2D eigenvalue weighted by molar-refractivity contribution is 8.00. The van der Waals surface area contributed by atoms with Gasteiger partial charge >= 0.3 is 5.97 Å². The molecule has 3 aliphatic rings. The van der Waals surface area contributed by atoms with E-state index in [2.05, 4.69) is 15.5 Å². The number of nitrogen functional groups attached to an aromatic ring is 1. The molecule has 0 bridgehead atoms. The fourth-order valence-electron chi connectivity index (χ4n) is 5.73. The molecule has 17 nitrogen and oxygen atoms in total. The van der Waals surface area contributed by atoms with Gasteiger partial charge in [-0.05, 0) is 39.0 Å². The molecule has 5 rings (SSSR count). The lowest BCUT2D eigenvalue weighted by Gasteiger charge is -2.51. The first kappa shape index (κ1) is 42.1. The summed E-state index contributed by atoms with van der Waals surface area (Å²) in [4.78, 5) is 76.1. The number of carbonyl (C=O) groups is 5. The summed E-state index contributed by atoms with van der Waals surface area (Å²) >= 11 is 2.32. The quantitative estimate of drug-likeness (QED) is 0.0621. The van der Waals surface area contributed by atoms with Gasteiger partial charge in [-0.1, -0.05) is 5.16 Å². The highest BCUT2D eigenvalue weighted by Gasteiger charge is 2.54. The van der Waals surface area contributed by atoms with E-state index in [0.29, 0.717) is 36.2 Å². The van der Waals surface area contributed by atoms with E-state index in [4.69, 9.17) is 15.3 Å². The lowest BCUT2D eigenvalue weighted by atomic mass is 10.0. The van der Waals surface area contributed by atoms with Gasteiger partial charge in [0.05, 0.1) is 44.9 Å². The molecule has 0 radical (unpaired) electrons. The minimum Gasteiger partial charge on any atom is -0.543 e. The predicted octanol–water partition coefficient (Wildman–Crippen LogP) is 0.0490. The number of phenols is 2. The van der Waals surface area contributed by atoms with Crippen molar-refractivity contribution in [2.75, 3.05) is 57.9 Å². The minimum absolute atomic E-state index is 0. The maximum Gasteiger partial charge on any atom is 0.347 e. The Morgan fingerprint density at radius 3 is 2.40 bits per heavy atom. The van der Waals surface area contributed by atoms with Crippen molar-refractivity contribution >= 4 is 88.4 Å². The Hall–Kier alpha value is -4.30. The van der Waals surface area contributed by atoms with Gasteiger partial charge in [0.2, 0.25) is 6.61 Å². The van der Waals surface area contributed by atoms with Gasteiger partial charge in [-0.25, -0.2) is 9.78 Å². The fourth-order valence-corrected chi connectivity index (χ4v) is 7.62. The average Bonchev–Trinajstić information content (AvgIpc) is 3.47. The first-order valence-corrected chi connectivity index (χ1v) is 17.4. The Labute approximate surface area is 319 Å². The van der Waals surface area contributed by atoms with Crippen LogP contribution in [0, 0.1) is 0 Å². The zero-order valence-corrected chi connectivity index (χ0v) is 31.8. The molecule has 52 heavy (non-hydrogen) atoms. The van der Waals surface area contributed by atoms with E-state index in [1.807, 2.05) is 7.05 Å². The summed E-state index contributed by atoms with van der Waals surface area (Å²) in [5, 5.41) is 39.0. The molecule has 0 aliphatic carbocycles. The van der Waals surface area contributed by atoms with Gasteiger partial charge in [0, 0.05) is 22.3 Å². The Bertz CT molecular complexity index is 1790. The number of aromatic hydroxyl groups is 2. The van der Waals surface area contributed by atoms with Gasteiger partial charge in [0.1, 0.15) is 29.3 Å². The fraction of sp³-hybridized carbons (Fsp3) is 0.452. The predicted molar refractivity (Wildman–Crippen MR) is 193 cm³/mol. The number of fused-ring (bicyclic) bond motifs is 1. The van der Waals surface area contributed by atoms with Crippen molar-refractivity contribution in [3.8, 4) is 11.5 Å². The zero-order chi connectivity index (χ0) is 36.5. The molecule has 2 aromatic rings. The van der Waals surface area contributed by atoms with Crippen molar-refractivity contribution < 1.29 is 53.3 Å². The third-order valence-corrected chi connectivity index (χ3v) is 10.2. The van der Waals surface area contributed by atoms with E-state index >= 15 is 0 Å². The molecule has 1 aromatic heterocycles. The van der Waals surface area contributed by atoms with Crippen molar-refractivity contribution in [2.24, 2.45) is 5.16 Å². The number of piperazine rings is 1. The number of esters is 1. The molecule has 3 amide bonds. The normalized spacial score (nSPS) is 19.7. The van der Waals surface area contributed by atoms with Crippen LogP contribution in [-0.4, -0.2) is 134 Å². The molecule has 0 spiro atoms. The average molecular weight is 805 g/mol. The molecule has 0 saturated carbocycles. The van der Waals surface area contributed by atoms with Gasteiger partial charge in [0.15, 0.2) is 22.3 Å². The van der Waals surface area contributed by atoms with E-state index in [1.165, 1.54) is 35.3 Å². The SMILES string of the molecule is CC(C)(C)OC(=O)CON=C(C(=O)N[C@@H]1C(=O)N2C(C(=O)[O-])=C(C[N+]3(C)CCN(C(=O)c4ccc(O)c(O)c4)CC3)CS[C@H]12)c1csc(N)n1.Cl.Cl. The van der Waals surface area contributed by atoms with E-state index in [9.17, 15) is 39.3 Å². The highest BCUT2D eigenvalue weighted by Crippen LogP contribution is 2.41. The Morgan fingerprint density at radius 1 is 1.15 bits per heavy atom. The number of aromatic nitrogens is 1. The number of nitrogens with zero attached hydrogens (tertiary/aromatic N) is 5. The monoisotopic (exact) mass is 803 g/mol. The number of aliphatic carboxylic acids is 1. The number of nitrogens with two attached hydrogens (primary N) is 1. The number of carboxylic acid groups (broad SMARTS) is 1. The second kappa shape index (κ2) is 16.6. The smallest absolute Gasteiger partial charge is 0.347 e. The van der Waals surface area contributed by atoms with Crippen molar-refractivity contribution in [1.82, 2.24) is 20.1 Å². The summed E-state index contributed by atoms with van der Waals surface area (Å²) in [6.45, 7) is 6.40. The van der Waals surface area contributed by atoms with Crippen molar-refractivity contribution in [1.29, 1.82) is 0 Å². The van der Waals surface area contributed by atoms with Gasteiger partial charge in [0.25, 0.3) is 17.7 Å². The minimum atomic E-state index is -1.52. The van der Waals surface area contributed by atoms with Crippen LogP contribution in [0.3, 0.4) is 0 Å². The topological polar surface area (TPSA) is 237 Å². The Morgan fingerprint density at radius 2 is 1.83 bits per heavy atom. The number of phenolic OH excluding ortho intramolecular Hbond substituents is 2. The molecular weight excluding hydrogens is 765 g/mol. The number of hydrogen-bond donors (Lipinski definition) is 4. The number of hydrogen-bond acceptors (Lipinski definition) is 15. The van der Waals surface area contributed by atoms with Crippen LogP contribution in [0.1, 0.15) is 36.8 Å². The number of carboxylic acids is 1. The van der Waals surface area contributed by atoms with E-state index in [0.717, 1.165) is 16.2 Å². The molecule has 2 atom stereocenters. The van der Waals surface area contributed by atoms with Crippen LogP contribution in [0.25, 0.3) is 0 Å². The van der Waals surface area contributed by atoms with Gasteiger partial charge < -0.3 is 50.1 Å². The summed E-state index contributed by atoms with van der Waals surface area (Å²) in [6, 6.07) is 2.77. The first-order valence-electron chi connectivity index (χ1n) is 15.4. The number of anilines is 1. The second-order valence-corrected chi connectivity index (χ2v) is 15.2. The van der Waals surface area contributed by atoms with E-state index in [-0.39, 0.29) is 76.6 Å². The maximum atomic E-state index is 13.4. The first-order chi connectivity index (χ1) is 23.5. The number of carbonyl (C=O) groups excluding carboxylic acids is 5. The van der Waals surface area contributed by atoms with Gasteiger partial charge in [-0.2, -0.15) is 0 Å². The van der Waals surface area contributed by atoms with Crippen LogP contribution in [0.15, 0.2) is 40.0 Å². The molecule has 21 heteroatoms. The highest BCUT2D eigenvalue weighted by atomic mass is 35.5. The summed E-state index contributed by atoms with van der Waals surface area (Å²) in [6.07, 6.45) is 0. The maximum absolute atomic E-state index is 13.4. The summed E-state index contributed by atoms with van der Waals surface area (Å²) in [5.74, 6) is -4.54. The van der Waals surface area contributed by atoms with Gasteiger partial charge in [-0.3, -0.25) is 19.3 Å².